The molecular weight excluding hydrogens is 342 g/mol. The molecule has 0 atom stereocenters. The summed E-state index contributed by atoms with van der Waals surface area (Å²) in [6, 6.07) is 24.3. The number of hydrogen-bond acceptors (Lipinski definition) is 4. The first-order chi connectivity index (χ1) is 13.2. The van der Waals surface area contributed by atoms with Gasteiger partial charge in [0.25, 0.3) is 5.69 Å². The van der Waals surface area contributed by atoms with Gasteiger partial charge in [-0.3, -0.25) is 10.1 Å². The van der Waals surface area contributed by atoms with E-state index >= 15 is 0 Å². The van der Waals surface area contributed by atoms with Gasteiger partial charge in [-0.15, -0.1) is 0 Å². The molecule has 0 saturated heterocycles. The highest BCUT2D eigenvalue weighted by atomic mass is 16.6. The molecule has 0 fully saturated rings. The highest BCUT2D eigenvalue weighted by Crippen LogP contribution is 2.30. The van der Waals surface area contributed by atoms with E-state index in [1.807, 2.05) is 60.7 Å². The Labute approximate surface area is 155 Å². The fraction of sp³-hybridized carbons (Fsp3) is 0.0952. The molecule has 0 saturated carbocycles. The largest absolute Gasteiger partial charge is 0.473 e. The maximum absolute atomic E-state index is 11.2. The van der Waals surface area contributed by atoms with E-state index in [1.54, 1.807) is 10.7 Å². The van der Waals surface area contributed by atoms with E-state index in [0.29, 0.717) is 29.9 Å². The van der Waals surface area contributed by atoms with Crippen LogP contribution in [0.15, 0.2) is 78.9 Å². The van der Waals surface area contributed by atoms with Gasteiger partial charge in [-0.05, 0) is 17.2 Å². The number of aromatic nitrogens is 2. The van der Waals surface area contributed by atoms with Crippen LogP contribution in [0, 0.1) is 10.1 Å². The Balaban J connectivity index is 1.74. The minimum atomic E-state index is -0.408. The van der Waals surface area contributed by atoms with Gasteiger partial charge in [0, 0.05) is 12.1 Å². The fourth-order valence-corrected chi connectivity index (χ4v) is 2.95. The highest BCUT2D eigenvalue weighted by molar-refractivity contribution is 5.86. The number of benzene rings is 3. The number of nitrogens with zero attached hydrogens (tertiary/aromatic N) is 3. The normalized spacial score (nSPS) is 10.8. The lowest BCUT2D eigenvalue weighted by Crippen LogP contribution is -2.06. The Kier molecular flexibility index (Phi) is 4.53. The zero-order valence-corrected chi connectivity index (χ0v) is 14.5. The molecule has 4 rings (SSSR count). The minimum Gasteiger partial charge on any atom is -0.473 e. The van der Waals surface area contributed by atoms with Crippen molar-refractivity contribution in [3.05, 3.63) is 100 Å². The Morgan fingerprint density at radius 1 is 0.926 bits per heavy atom. The fourth-order valence-electron chi connectivity index (χ4n) is 2.95. The SMILES string of the molecule is O=[N+]([O-])c1ccc2nn(Cc3ccccc3)c(OCc3ccccc3)c2c1. The summed E-state index contributed by atoms with van der Waals surface area (Å²) in [5.41, 5.74) is 2.78. The van der Waals surface area contributed by atoms with Crippen LogP contribution in [0.1, 0.15) is 11.1 Å². The minimum absolute atomic E-state index is 0.0197. The van der Waals surface area contributed by atoms with Crippen LogP contribution in [0.4, 0.5) is 5.69 Å². The molecule has 0 bridgehead atoms. The number of nitro benzene ring substituents is 1. The second kappa shape index (κ2) is 7.29. The zero-order valence-electron chi connectivity index (χ0n) is 14.5. The lowest BCUT2D eigenvalue weighted by Gasteiger charge is -2.10. The first-order valence-corrected chi connectivity index (χ1v) is 8.56. The van der Waals surface area contributed by atoms with E-state index in [0.717, 1.165) is 11.1 Å². The van der Waals surface area contributed by atoms with Crippen LogP contribution < -0.4 is 4.74 Å². The van der Waals surface area contributed by atoms with Crippen molar-refractivity contribution >= 4 is 16.6 Å². The molecule has 0 aliphatic carbocycles. The molecule has 27 heavy (non-hydrogen) atoms. The molecule has 0 radical (unpaired) electrons. The van der Waals surface area contributed by atoms with Crippen molar-refractivity contribution in [1.82, 2.24) is 9.78 Å². The van der Waals surface area contributed by atoms with Crippen molar-refractivity contribution < 1.29 is 9.66 Å². The van der Waals surface area contributed by atoms with Crippen LogP contribution >= 0.6 is 0 Å². The third kappa shape index (κ3) is 3.64. The molecular formula is C21H17N3O3. The molecule has 4 aromatic rings. The smallest absolute Gasteiger partial charge is 0.270 e. The Morgan fingerprint density at radius 3 is 2.26 bits per heavy atom. The maximum atomic E-state index is 11.2. The standard InChI is InChI=1S/C21H17N3O3/c25-24(26)18-11-12-20-19(13-18)21(27-15-17-9-5-2-6-10-17)23(22-20)14-16-7-3-1-4-8-16/h1-13H,14-15H2. The lowest BCUT2D eigenvalue weighted by atomic mass is 10.2. The van der Waals surface area contributed by atoms with Gasteiger partial charge in [-0.1, -0.05) is 60.7 Å². The van der Waals surface area contributed by atoms with Crippen LogP contribution in [-0.2, 0) is 13.2 Å². The average molecular weight is 359 g/mol. The van der Waals surface area contributed by atoms with Gasteiger partial charge >= 0.3 is 0 Å². The van der Waals surface area contributed by atoms with Gasteiger partial charge < -0.3 is 4.74 Å². The van der Waals surface area contributed by atoms with E-state index in [-0.39, 0.29) is 5.69 Å². The number of nitro groups is 1. The third-order valence-electron chi connectivity index (χ3n) is 4.28. The number of rotatable bonds is 6. The van der Waals surface area contributed by atoms with E-state index in [2.05, 4.69) is 5.10 Å². The molecule has 6 heteroatoms. The van der Waals surface area contributed by atoms with Crippen molar-refractivity contribution in [2.24, 2.45) is 0 Å². The number of fused-ring (bicyclic) bond motifs is 1. The van der Waals surface area contributed by atoms with Gasteiger partial charge in [0.1, 0.15) is 6.61 Å². The van der Waals surface area contributed by atoms with E-state index in [4.69, 9.17) is 4.74 Å². The molecule has 0 unspecified atom stereocenters. The molecule has 0 aliphatic heterocycles. The Bertz CT molecular complexity index is 1080. The first kappa shape index (κ1) is 16.8. The van der Waals surface area contributed by atoms with Crippen molar-refractivity contribution in [2.75, 3.05) is 0 Å². The topological polar surface area (TPSA) is 70.2 Å². The lowest BCUT2D eigenvalue weighted by molar-refractivity contribution is -0.384. The number of ether oxygens (including phenoxy) is 1. The van der Waals surface area contributed by atoms with Gasteiger partial charge in [-0.2, -0.15) is 5.10 Å². The Morgan fingerprint density at radius 2 is 1.59 bits per heavy atom. The molecule has 1 heterocycles. The second-order valence-electron chi connectivity index (χ2n) is 6.18. The van der Waals surface area contributed by atoms with Crippen LogP contribution in [0.2, 0.25) is 0 Å². The average Bonchev–Trinajstić information content (AvgIpc) is 3.04. The summed E-state index contributed by atoms with van der Waals surface area (Å²) in [6.45, 7) is 0.882. The zero-order chi connectivity index (χ0) is 18.6. The summed E-state index contributed by atoms with van der Waals surface area (Å²) in [5, 5.41) is 16.4. The molecule has 0 amide bonds. The molecule has 0 spiro atoms. The maximum Gasteiger partial charge on any atom is 0.270 e. The first-order valence-electron chi connectivity index (χ1n) is 8.56. The molecule has 1 aromatic heterocycles. The molecule has 134 valence electrons. The number of non-ortho nitro benzene ring substituents is 1. The quantitative estimate of drug-likeness (QED) is 0.373. The number of hydrogen-bond donors (Lipinski definition) is 0. The van der Waals surface area contributed by atoms with Crippen molar-refractivity contribution in [3.63, 3.8) is 0 Å². The summed E-state index contributed by atoms with van der Waals surface area (Å²) in [4.78, 5) is 10.8. The molecule has 0 aliphatic rings. The molecule has 6 nitrogen and oxygen atoms in total. The van der Waals surface area contributed by atoms with Crippen molar-refractivity contribution in [2.45, 2.75) is 13.2 Å². The van der Waals surface area contributed by atoms with Gasteiger partial charge in [0.05, 0.1) is 22.4 Å². The van der Waals surface area contributed by atoms with Crippen LogP contribution in [-0.4, -0.2) is 14.7 Å². The van der Waals surface area contributed by atoms with E-state index in [9.17, 15) is 10.1 Å². The predicted molar refractivity (Wildman–Crippen MR) is 103 cm³/mol. The van der Waals surface area contributed by atoms with Gasteiger partial charge in [-0.25, -0.2) is 4.68 Å². The predicted octanol–water partition coefficient (Wildman–Crippen LogP) is 4.57. The summed E-state index contributed by atoms with van der Waals surface area (Å²) in [6.07, 6.45) is 0. The molecule has 0 N–H and O–H groups in total. The second-order valence-corrected chi connectivity index (χ2v) is 6.18. The van der Waals surface area contributed by atoms with Crippen molar-refractivity contribution in [3.8, 4) is 5.88 Å². The van der Waals surface area contributed by atoms with Crippen molar-refractivity contribution in [1.29, 1.82) is 0 Å². The third-order valence-corrected chi connectivity index (χ3v) is 4.28. The summed E-state index contributed by atoms with van der Waals surface area (Å²) < 4.78 is 7.82. The monoisotopic (exact) mass is 359 g/mol. The van der Waals surface area contributed by atoms with Gasteiger partial charge in [0.2, 0.25) is 5.88 Å². The summed E-state index contributed by atoms with van der Waals surface area (Å²) in [5.74, 6) is 0.529. The highest BCUT2D eigenvalue weighted by Gasteiger charge is 2.17. The summed E-state index contributed by atoms with van der Waals surface area (Å²) >= 11 is 0. The van der Waals surface area contributed by atoms with Crippen LogP contribution in [0.3, 0.4) is 0 Å². The van der Waals surface area contributed by atoms with E-state index < -0.39 is 4.92 Å². The van der Waals surface area contributed by atoms with Crippen LogP contribution in [0.25, 0.3) is 10.9 Å². The van der Waals surface area contributed by atoms with Crippen LogP contribution in [0.5, 0.6) is 5.88 Å². The van der Waals surface area contributed by atoms with Gasteiger partial charge in [0.15, 0.2) is 0 Å². The molecule has 3 aromatic carbocycles. The van der Waals surface area contributed by atoms with E-state index in [1.165, 1.54) is 12.1 Å². The Hall–Kier alpha value is -3.67. The summed E-state index contributed by atoms with van der Waals surface area (Å²) in [7, 11) is 0.